The van der Waals surface area contributed by atoms with E-state index < -0.39 is 0 Å². The Bertz CT molecular complexity index is 534. The van der Waals surface area contributed by atoms with Gasteiger partial charge in [-0.25, -0.2) is 4.98 Å². The number of fused-ring (bicyclic) bond motifs is 1. The SMILES string of the molecule is CCCCNc1nc(Cl)nc2c1ncn2C(C)C. The second kappa shape index (κ2) is 5.52. The van der Waals surface area contributed by atoms with E-state index in [9.17, 15) is 0 Å². The third-order valence-electron chi connectivity index (χ3n) is 2.77. The summed E-state index contributed by atoms with van der Waals surface area (Å²) in [7, 11) is 0. The van der Waals surface area contributed by atoms with E-state index in [1.54, 1.807) is 6.33 Å². The van der Waals surface area contributed by atoms with E-state index in [2.05, 4.69) is 41.0 Å². The number of hydrogen-bond acceptors (Lipinski definition) is 4. The Morgan fingerprint density at radius 1 is 1.39 bits per heavy atom. The monoisotopic (exact) mass is 267 g/mol. The zero-order valence-electron chi connectivity index (χ0n) is 10.9. The number of anilines is 1. The summed E-state index contributed by atoms with van der Waals surface area (Å²) in [4.78, 5) is 12.9. The van der Waals surface area contributed by atoms with Gasteiger partial charge in [-0.3, -0.25) is 0 Å². The molecule has 2 aromatic rings. The van der Waals surface area contributed by atoms with Crippen molar-refractivity contribution < 1.29 is 0 Å². The summed E-state index contributed by atoms with van der Waals surface area (Å²) in [6.45, 7) is 7.19. The first kappa shape index (κ1) is 13.1. The van der Waals surface area contributed by atoms with Crippen molar-refractivity contribution in [2.75, 3.05) is 11.9 Å². The third-order valence-corrected chi connectivity index (χ3v) is 2.94. The van der Waals surface area contributed by atoms with Crippen LogP contribution < -0.4 is 5.32 Å². The molecule has 0 amide bonds. The van der Waals surface area contributed by atoms with Crippen molar-refractivity contribution >= 4 is 28.6 Å². The van der Waals surface area contributed by atoms with Crippen molar-refractivity contribution in [1.29, 1.82) is 0 Å². The first-order valence-corrected chi connectivity index (χ1v) is 6.65. The van der Waals surface area contributed by atoms with Gasteiger partial charge < -0.3 is 9.88 Å². The number of imidazole rings is 1. The fraction of sp³-hybridized carbons (Fsp3) is 0.583. The topological polar surface area (TPSA) is 55.6 Å². The van der Waals surface area contributed by atoms with Crippen molar-refractivity contribution in [1.82, 2.24) is 19.5 Å². The van der Waals surface area contributed by atoms with E-state index in [1.807, 2.05) is 4.57 Å². The average Bonchev–Trinajstić information content (AvgIpc) is 2.72. The van der Waals surface area contributed by atoms with Crippen LogP contribution in [0.25, 0.3) is 11.2 Å². The molecule has 5 nitrogen and oxygen atoms in total. The Morgan fingerprint density at radius 3 is 2.83 bits per heavy atom. The van der Waals surface area contributed by atoms with Crippen molar-refractivity contribution in [3.05, 3.63) is 11.6 Å². The normalized spacial score (nSPS) is 11.4. The smallest absolute Gasteiger partial charge is 0.226 e. The Hall–Kier alpha value is -1.36. The van der Waals surface area contributed by atoms with Crippen LogP contribution in [0, 0.1) is 0 Å². The van der Waals surface area contributed by atoms with E-state index in [0.717, 1.165) is 36.4 Å². The third kappa shape index (κ3) is 2.56. The zero-order valence-corrected chi connectivity index (χ0v) is 11.7. The van der Waals surface area contributed by atoms with Gasteiger partial charge in [-0.1, -0.05) is 13.3 Å². The van der Waals surface area contributed by atoms with Gasteiger partial charge in [-0.05, 0) is 31.9 Å². The molecule has 0 aliphatic carbocycles. The lowest BCUT2D eigenvalue weighted by molar-refractivity contribution is 0.612. The highest BCUT2D eigenvalue weighted by atomic mass is 35.5. The maximum Gasteiger partial charge on any atom is 0.226 e. The molecule has 0 fully saturated rings. The molecular formula is C12H18ClN5. The summed E-state index contributed by atoms with van der Waals surface area (Å²) in [5.74, 6) is 0.720. The number of unbranched alkanes of at least 4 members (excludes halogenated alkanes) is 1. The highest BCUT2D eigenvalue weighted by Gasteiger charge is 2.13. The number of rotatable bonds is 5. The number of aromatic nitrogens is 4. The molecule has 1 N–H and O–H groups in total. The minimum atomic E-state index is 0.254. The number of halogens is 1. The van der Waals surface area contributed by atoms with Gasteiger partial charge in [0.25, 0.3) is 0 Å². The zero-order chi connectivity index (χ0) is 13.1. The molecule has 2 aromatic heterocycles. The van der Waals surface area contributed by atoms with Crippen LogP contribution in [0.3, 0.4) is 0 Å². The predicted molar refractivity (Wildman–Crippen MR) is 74.1 cm³/mol. The molecule has 0 bridgehead atoms. The highest BCUT2D eigenvalue weighted by Crippen LogP contribution is 2.23. The van der Waals surface area contributed by atoms with Crippen LogP contribution in [-0.2, 0) is 0 Å². The van der Waals surface area contributed by atoms with Gasteiger partial charge in [0.2, 0.25) is 5.28 Å². The van der Waals surface area contributed by atoms with E-state index in [-0.39, 0.29) is 5.28 Å². The second-order valence-corrected chi connectivity index (χ2v) is 4.88. The van der Waals surface area contributed by atoms with Crippen molar-refractivity contribution in [2.24, 2.45) is 0 Å². The predicted octanol–water partition coefficient (Wildman–Crippen LogP) is 3.27. The van der Waals surface area contributed by atoms with Crippen molar-refractivity contribution in [2.45, 2.75) is 39.7 Å². The fourth-order valence-corrected chi connectivity index (χ4v) is 1.94. The molecule has 0 spiro atoms. The van der Waals surface area contributed by atoms with Gasteiger partial charge in [0.05, 0.1) is 6.33 Å². The van der Waals surface area contributed by atoms with Gasteiger partial charge in [-0.2, -0.15) is 9.97 Å². The molecule has 0 aliphatic heterocycles. The lowest BCUT2D eigenvalue weighted by atomic mass is 10.3. The number of hydrogen-bond donors (Lipinski definition) is 1. The van der Waals surface area contributed by atoms with Gasteiger partial charge in [0.1, 0.15) is 0 Å². The molecule has 0 saturated heterocycles. The molecule has 18 heavy (non-hydrogen) atoms. The molecule has 0 saturated carbocycles. The summed E-state index contributed by atoms with van der Waals surface area (Å²) in [5.41, 5.74) is 1.56. The molecule has 98 valence electrons. The molecule has 0 atom stereocenters. The van der Waals surface area contributed by atoms with Crippen LogP contribution in [-0.4, -0.2) is 26.1 Å². The van der Waals surface area contributed by atoms with Crippen LogP contribution in [0.1, 0.15) is 39.7 Å². The van der Waals surface area contributed by atoms with E-state index in [4.69, 9.17) is 11.6 Å². The van der Waals surface area contributed by atoms with E-state index in [0.29, 0.717) is 6.04 Å². The largest absolute Gasteiger partial charge is 0.368 e. The van der Waals surface area contributed by atoms with E-state index in [1.165, 1.54) is 0 Å². The molecule has 2 heterocycles. The summed E-state index contributed by atoms with van der Waals surface area (Å²) in [5, 5.41) is 3.52. The molecule has 2 rings (SSSR count). The van der Waals surface area contributed by atoms with E-state index >= 15 is 0 Å². The summed E-state index contributed by atoms with van der Waals surface area (Å²) < 4.78 is 1.99. The van der Waals surface area contributed by atoms with Crippen molar-refractivity contribution in [3.63, 3.8) is 0 Å². The first-order chi connectivity index (χ1) is 8.63. The Balaban J connectivity index is 2.40. The molecule has 0 radical (unpaired) electrons. The van der Waals surface area contributed by atoms with Crippen LogP contribution in [0.4, 0.5) is 5.82 Å². The van der Waals surface area contributed by atoms with Crippen LogP contribution in [0.5, 0.6) is 0 Å². The Kier molecular flexibility index (Phi) is 4.01. The Labute approximate surface area is 112 Å². The molecule has 0 unspecified atom stereocenters. The van der Waals surface area contributed by atoms with Gasteiger partial charge in [0, 0.05) is 12.6 Å². The van der Waals surface area contributed by atoms with Gasteiger partial charge in [0.15, 0.2) is 17.0 Å². The van der Waals surface area contributed by atoms with Gasteiger partial charge >= 0.3 is 0 Å². The lowest BCUT2D eigenvalue weighted by Gasteiger charge is -2.09. The minimum Gasteiger partial charge on any atom is -0.368 e. The molecule has 0 aromatic carbocycles. The molecule has 6 heteroatoms. The van der Waals surface area contributed by atoms with Gasteiger partial charge in [-0.15, -0.1) is 0 Å². The lowest BCUT2D eigenvalue weighted by Crippen LogP contribution is -2.06. The summed E-state index contributed by atoms with van der Waals surface area (Å²) >= 11 is 5.97. The molecule has 0 aliphatic rings. The standard InChI is InChI=1S/C12H18ClN5/c1-4-5-6-14-10-9-11(17-12(13)16-10)18(7-15-9)8(2)3/h7-8H,4-6H2,1-3H3,(H,14,16,17). The quantitative estimate of drug-likeness (QED) is 0.667. The van der Waals surface area contributed by atoms with Crippen molar-refractivity contribution in [3.8, 4) is 0 Å². The second-order valence-electron chi connectivity index (χ2n) is 4.54. The maximum atomic E-state index is 5.97. The number of nitrogens with one attached hydrogen (secondary N) is 1. The first-order valence-electron chi connectivity index (χ1n) is 6.27. The number of nitrogens with zero attached hydrogens (tertiary/aromatic N) is 4. The van der Waals surface area contributed by atoms with Crippen LogP contribution in [0.15, 0.2) is 6.33 Å². The maximum absolute atomic E-state index is 5.97. The Morgan fingerprint density at radius 2 is 2.17 bits per heavy atom. The van der Waals surface area contributed by atoms with Crippen LogP contribution >= 0.6 is 11.6 Å². The fourth-order valence-electron chi connectivity index (χ4n) is 1.77. The minimum absolute atomic E-state index is 0.254. The van der Waals surface area contributed by atoms with Crippen LogP contribution in [0.2, 0.25) is 5.28 Å². The average molecular weight is 268 g/mol. The molecular weight excluding hydrogens is 250 g/mol. The highest BCUT2D eigenvalue weighted by molar-refractivity contribution is 6.28. The summed E-state index contributed by atoms with van der Waals surface area (Å²) in [6.07, 6.45) is 4.01. The summed E-state index contributed by atoms with van der Waals surface area (Å²) in [6, 6.07) is 0.296.